The first-order valence-corrected chi connectivity index (χ1v) is 8.52. The number of hydrogen-bond donors (Lipinski definition) is 1. The van der Waals surface area contributed by atoms with Crippen LogP contribution >= 0.6 is 11.8 Å². The van der Waals surface area contributed by atoms with E-state index < -0.39 is 5.97 Å². The molecule has 1 aliphatic heterocycles. The van der Waals surface area contributed by atoms with E-state index in [0.717, 1.165) is 24.6 Å². The summed E-state index contributed by atoms with van der Waals surface area (Å²) in [4.78, 5) is 13.3. The van der Waals surface area contributed by atoms with Crippen LogP contribution in [0.3, 0.4) is 0 Å². The van der Waals surface area contributed by atoms with E-state index >= 15 is 0 Å². The van der Waals surface area contributed by atoms with Crippen molar-refractivity contribution >= 4 is 17.7 Å². The standard InChI is InChI=1S/C16H21NO2S/c18-16(19)9-15-11-20-7-6-17(15)10-12-4-5-13-2-1-3-14(13)8-12/h4-5,8,15H,1-3,6-7,9-11H2,(H,18,19). The Morgan fingerprint density at radius 2 is 2.20 bits per heavy atom. The highest BCUT2D eigenvalue weighted by Gasteiger charge is 2.25. The fourth-order valence-electron chi connectivity index (χ4n) is 3.24. The van der Waals surface area contributed by atoms with Crippen molar-refractivity contribution in [2.75, 3.05) is 18.1 Å². The molecule has 0 aromatic heterocycles. The zero-order chi connectivity index (χ0) is 13.9. The Morgan fingerprint density at radius 1 is 1.35 bits per heavy atom. The van der Waals surface area contributed by atoms with Crippen molar-refractivity contribution < 1.29 is 9.90 Å². The van der Waals surface area contributed by atoms with Crippen LogP contribution in [0.4, 0.5) is 0 Å². The summed E-state index contributed by atoms with van der Waals surface area (Å²) in [5.74, 6) is 1.37. The summed E-state index contributed by atoms with van der Waals surface area (Å²) in [5, 5.41) is 9.04. The summed E-state index contributed by atoms with van der Waals surface area (Å²) >= 11 is 1.87. The first kappa shape index (κ1) is 14.0. The monoisotopic (exact) mass is 291 g/mol. The maximum absolute atomic E-state index is 11.0. The van der Waals surface area contributed by atoms with Crippen molar-refractivity contribution in [2.24, 2.45) is 0 Å². The number of carbonyl (C=O) groups is 1. The van der Waals surface area contributed by atoms with E-state index in [2.05, 4.69) is 23.1 Å². The first-order valence-electron chi connectivity index (χ1n) is 7.36. The third-order valence-electron chi connectivity index (χ3n) is 4.31. The van der Waals surface area contributed by atoms with Gasteiger partial charge >= 0.3 is 5.97 Å². The number of nitrogens with zero attached hydrogens (tertiary/aromatic N) is 1. The van der Waals surface area contributed by atoms with Crippen LogP contribution in [0.2, 0.25) is 0 Å². The van der Waals surface area contributed by atoms with Crippen LogP contribution in [0, 0.1) is 0 Å². The topological polar surface area (TPSA) is 40.5 Å². The lowest BCUT2D eigenvalue weighted by molar-refractivity contribution is -0.138. The molecule has 2 aliphatic rings. The van der Waals surface area contributed by atoms with E-state index in [0.29, 0.717) is 0 Å². The Morgan fingerprint density at radius 3 is 3.05 bits per heavy atom. The number of thioether (sulfide) groups is 1. The molecule has 0 bridgehead atoms. The van der Waals surface area contributed by atoms with Crippen LogP contribution in [0.25, 0.3) is 0 Å². The summed E-state index contributed by atoms with van der Waals surface area (Å²) < 4.78 is 0. The van der Waals surface area contributed by atoms with Crippen molar-refractivity contribution in [1.29, 1.82) is 0 Å². The summed E-state index contributed by atoms with van der Waals surface area (Å²) in [6.07, 6.45) is 3.97. The molecule has 1 heterocycles. The highest BCUT2D eigenvalue weighted by Crippen LogP contribution is 2.25. The second-order valence-electron chi connectivity index (χ2n) is 5.75. The maximum Gasteiger partial charge on any atom is 0.304 e. The number of rotatable bonds is 4. The van der Waals surface area contributed by atoms with Crippen LogP contribution in [-0.2, 0) is 24.2 Å². The Labute approximate surface area is 124 Å². The Bertz CT molecular complexity index is 503. The molecule has 1 saturated heterocycles. The second-order valence-corrected chi connectivity index (χ2v) is 6.90. The van der Waals surface area contributed by atoms with Crippen LogP contribution in [0.15, 0.2) is 18.2 Å². The first-order chi connectivity index (χ1) is 9.72. The van der Waals surface area contributed by atoms with Crippen molar-refractivity contribution in [3.8, 4) is 0 Å². The van der Waals surface area contributed by atoms with Gasteiger partial charge in [0.1, 0.15) is 0 Å². The molecule has 1 unspecified atom stereocenters. The normalized spacial score (nSPS) is 22.7. The quantitative estimate of drug-likeness (QED) is 0.925. The average molecular weight is 291 g/mol. The minimum atomic E-state index is -0.684. The predicted octanol–water partition coefficient (Wildman–Crippen LogP) is 2.57. The lowest BCUT2D eigenvalue weighted by atomic mass is 10.1. The highest BCUT2D eigenvalue weighted by atomic mass is 32.2. The van der Waals surface area contributed by atoms with Gasteiger partial charge < -0.3 is 5.11 Å². The van der Waals surface area contributed by atoms with Gasteiger partial charge in [-0.1, -0.05) is 18.2 Å². The van der Waals surface area contributed by atoms with Crippen molar-refractivity contribution in [1.82, 2.24) is 4.90 Å². The van der Waals surface area contributed by atoms with Crippen molar-refractivity contribution in [3.05, 3.63) is 34.9 Å². The molecule has 3 nitrogen and oxygen atoms in total. The molecule has 1 aromatic carbocycles. The molecule has 0 spiro atoms. The number of aryl methyl sites for hydroxylation is 2. The molecule has 0 saturated carbocycles. The predicted molar refractivity (Wildman–Crippen MR) is 82.2 cm³/mol. The lowest BCUT2D eigenvalue weighted by Gasteiger charge is -2.34. The summed E-state index contributed by atoms with van der Waals surface area (Å²) in [6.45, 7) is 1.89. The SMILES string of the molecule is O=C(O)CC1CSCCN1Cc1ccc2c(c1)CCC2. The number of carboxylic acid groups (broad SMARTS) is 1. The highest BCUT2D eigenvalue weighted by molar-refractivity contribution is 7.99. The molecule has 1 aliphatic carbocycles. The third-order valence-corrected chi connectivity index (χ3v) is 5.40. The second kappa shape index (κ2) is 6.19. The van der Waals surface area contributed by atoms with Gasteiger partial charge in [0.2, 0.25) is 0 Å². The summed E-state index contributed by atoms with van der Waals surface area (Å²) in [7, 11) is 0. The number of fused-ring (bicyclic) bond motifs is 1. The molecule has 1 atom stereocenters. The van der Waals surface area contributed by atoms with Crippen LogP contribution in [0.1, 0.15) is 29.5 Å². The summed E-state index contributed by atoms with van der Waals surface area (Å²) in [6, 6.07) is 7.01. The molecule has 3 rings (SSSR count). The molecule has 1 N–H and O–H groups in total. The fourth-order valence-corrected chi connectivity index (χ4v) is 4.38. The van der Waals surface area contributed by atoms with E-state index in [9.17, 15) is 4.79 Å². The fraction of sp³-hybridized carbons (Fsp3) is 0.562. The van der Waals surface area contributed by atoms with Gasteiger partial charge in [0, 0.05) is 30.6 Å². The molecular weight excluding hydrogens is 270 g/mol. The van der Waals surface area contributed by atoms with Gasteiger partial charge in [0.15, 0.2) is 0 Å². The molecule has 4 heteroatoms. The Hall–Kier alpha value is -1.00. The van der Waals surface area contributed by atoms with Gasteiger partial charge in [-0.2, -0.15) is 11.8 Å². The van der Waals surface area contributed by atoms with Crippen molar-refractivity contribution in [2.45, 2.75) is 38.3 Å². The lowest BCUT2D eigenvalue weighted by Crippen LogP contribution is -2.42. The number of aliphatic carboxylic acids is 1. The van der Waals surface area contributed by atoms with Gasteiger partial charge in [0.05, 0.1) is 6.42 Å². The smallest absolute Gasteiger partial charge is 0.304 e. The van der Waals surface area contributed by atoms with E-state index in [-0.39, 0.29) is 12.5 Å². The zero-order valence-corrected chi connectivity index (χ0v) is 12.5. The minimum absolute atomic E-state index is 0.180. The molecule has 108 valence electrons. The van der Waals surface area contributed by atoms with E-state index in [1.54, 1.807) is 0 Å². The van der Waals surface area contributed by atoms with E-state index in [4.69, 9.17) is 5.11 Å². The minimum Gasteiger partial charge on any atom is -0.481 e. The molecule has 0 radical (unpaired) electrons. The Kier molecular flexibility index (Phi) is 4.32. The largest absolute Gasteiger partial charge is 0.481 e. The van der Waals surface area contributed by atoms with E-state index in [1.165, 1.54) is 36.0 Å². The van der Waals surface area contributed by atoms with Gasteiger partial charge in [-0.25, -0.2) is 0 Å². The maximum atomic E-state index is 11.0. The summed E-state index contributed by atoms with van der Waals surface area (Å²) in [5.41, 5.74) is 4.35. The van der Waals surface area contributed by atoms with E-state index in [1.807, 2.05) is 11.8 Å². The molecule has 1 aromatic rings. The molecule has 0 amide bonds. The third kappa shape index (κ3) is 3.18. The number of benzene rings is 1. The number of carboxylic acids is 1. The molecule has 1 fully saturated rings. The molecule has 20 heavy (non-hydrogen) atoms. The van der Waals surface area contributed by atoms with Crippen LogP contribution in [0.5, 0.6) is 0 Å². The van der Waals surface area contributed by atoms with Gasteiger partial charge in [0.25, 0.3) is 0 Å². The zero-order valence-electron chi connectivity index (χ0n) is 11.7. The average Bonchev–Trinajstić information content (AvgIpc) is 2.88. The van der Waals surface area contributed by atoms with Gasteiger partial charge in [-0.05, 0) is 36.0 Å². The van der Waals surface area contributed by atoms with Crippen molar-refractivity contribution in [3.63, 3.8) is 0 Å². The van der Waals surface area contributed by atoms with Gasteiger partial charge in [-0.3, -0.25) is 9.69 Å². The Balaban J connectivity index is 1.70. The number of hydrogen-bond acceptors (Lipinski definition) is 3. The van der Waals surface area contributed by atoms with Crippen LogP contribution < -0.4 is 0 Å². The van der Waals surface area contributed by atoms with Crippen LogP contribution in [-0.4, -0.2) is 40.1 Å². The molecular formula is C16H21NO2S. The van der Waals surface area contributed by atoms with Gasteiger partial charge in [-0.15, -0.1) is 0 Å².